The lowest BCUT2D eigenvalue weighted by atomic mass is 10.0. The normalized spacial score (nSPS) is 19.5. The first-order valence-electron chi connectivity index (χ1n) is 10.8. The number of aromatic nitrogens is 2. The largest absolute Gasteiger partial charge is 0.338 e. The first-order chi connectivity index (χ1) is 15.2. The number of H-pyrrole nitrogens is 1. The molecule has 0 bridgehead atoms. The Morgan fingerprint density at radius 1 is 1.09 bits per heavy atom. The Balaban J connectivity index is 1.33. The molecule has 1 fully saturated rings. The molecule has 9 heteroatoms. The van der Waals surface area contributed by atoms with Gasteiger partial charge < -0.3 is 9.88 Å². The summed E-state index contributed by atoms with van der Waals surface area (Å²) in [5, 5.41) is 0. The number of aromatic amines is 1. The standard InChI is InChI=1S/C23H26N4O4S/c1-15-13-17-14-16(7-8-20(17)27(15)32(2,30)31)22(28)25-11-9-18(10-12-25)26-21-6-4-3-5-19(21)24-23(26)29/h3-8,14-15,18H,9-13H2,1-2H3,(H,24,29). The Kier molecular flexibility index (Phi) is 4.88. The number of sulfonamides is 1. The number of para-hydroxylation sites is 2. The Hall–Kier alpha value is -3.07. The molecule has 0 saturated carbocycles. The monoisotopic (exact) mass is 454 g/mol. The molecule has 1 amide bonds. The summed E-state index contributed by atoms with van der Waals surface area (Å²) in [5.41, 5.74) is 3.73. The van der Waals surface area contributed by atoms with Crippen molar-refractivity contribution in [2.24, 2.45) is 0 Å². The van der Waals surface area contributed by atoms with Crippen LogP contribution in [0.2, 0.25) is 0 Å². The molecule has 1 unspecified atom stereocenters. The molecule has 1 saturated heterocycles. The van der Waals surface area contributed by atoms with E-state index in [1.54, 1.807) is 12.1 Å². The minimum Gasteiger partial charge on any atom is -0.338 e. The molecule has 3 heterocycles. The van der Waals surface area contributed by atoms with Gasteiger partial charge in [0.2, 0.25) is 10.0 Å². The van der Waals surface area contributed by atoms with Crippen LogP contribution in [0.1, 0.15) is 41.7 Å². The lowest BCUT2D eigenvalue weighted by Crippen LogP contribution is -2.40. The number of imidazole rings is 1. The van der Waals surface area contributed by atoms with Crippen molar-refractivity contribution >= 4 is 32.7 Å². The van der Waals surface area contributed by atoms with Gasteiger partial charge in [0.15, 0.2) is 0 Å². The van der Waals surface area contributed by atoms with E-state index in [1.807, 2.05) is 46.7 Å². The second kappa shape index (κ2) is 7.51. The Labute approximate surface area is 186 Å². The molecule has 1 N–H and O–H groups in total. The number of anilines is 1. The van der Waals surface area contributed by atoms with Crippen LogP contribution in [0.25, 0.3) is 11.0 Å². The SMILES string of the molecule is CC1Cc2cc(C(=O)N3CCC(n4c(=O)[nH]c5ccccc54)CC3)ccc2N1S(C)(=O)=O. The molecule has 2 aromatic carbocycles. The number of nitrogens with one attached hydrogen (secondary N) is 1. The van der Waals surface area contributed by atoms with E-state index in [-0.39, 0.29) is 23.7 Å². The summed E-state index contributed by atoms with van der Waals surface area (Å²) in [6.45, 7) is 3.01. The zero-order chi connectivity index (χ0) is 22.6. The number of piperidine rings is 1. The van der Waals surface area contributed by atoms with Gasteiger partial charge in [-0.05, 0) is 62.1 Å². The van der Waals surface area contributed by atoms with E-state index in [2.05, 4.69) is 4.98 Å². The minimum absolute atomic E-state index is 0.0480. The molecule has 0 radical (unpaired) electrons. The smallest absolute Gasteiger partial charge is 0.326 e. The van der Waals surface area contributed by atoms with E-state index in [9.17, 15) is 18.0 Å². The van der Waals surface area contributed by atoms with Crippen molar-refractivity contribution in [3.8, 4) is 0 Å². The third kappa shape index (κ3) is 3.40. The van der Waals surface area contributed by atoms with Gasteiger partial charge in [-0.3, -0.25) is 13.7 Å². The summed E-state index contributed by atoms with van der Waals surface area (Å²) >= 11 is 0. The molecule has 2 aliphatic rings. The van der Waals surface area contributed by atoms with Crippen LogP contribution >= 0.6 is 0 Å². The molecule has 0 aliphatic carbocycles. The molecule has 3 aromatic rings. The van der Waals surface area contributed by atoms with Crippen molar-refractivity contribution in [3.05, 3.63) is 64.1 Å². The number of carbonyl (C=O) groups is 1. The van der Waals surface area contributed by atoms with E-state index in [4.69, 9.17) is 0 Å². The van der Waals surface area contributed by atoms with E-state index in [1.165, 1.54) is 10.6 Å². The summed E-state index contributed by atoms with van der Waals surface area (Å²) in [6, 6.07) is 12.8. The Morgan fingerprint density at radius 2 is 1.81 bits per heavy atom. The van der Waals surface area contributed by atoms with Gasteiger partial charge in [-0.25, -0.2) is 13.2 Å². The fourth-order valence-electron chi connectivity index (χ4n) is 5.19. The summed E-state index contributed by atoms with van der Waals surface area (Å²) < 4.78 is 27.5. The number of amides is 1. The highest BCUT2D eigenvalue weighted by Crippen LogP contribution is 2.35. The fourth-order valence-corrected chi connectivity index (χ4v) is 6.45. The van der Waals surface area contributed by atoms with Crippen molar-refractivity contribution in [2.75, 3.05) is 23.7 Å². The van der Waals surface area contributed by atoms with Gasteiger partial charge in [0.1, 0.15) is 0 Å². The number of carbonyl (C=O) groups excluding carboxylic acids is 1. The molecule has 1 aromatic heterocycles. The van der Waals surface area contributed by atoms with Crippen LogP contribution in [0.15, 0.2) is 47.3 Å². The maximum absolute atomic E-state index is 13.2. The maximum atomic E-state index is 13.2. The van der Waals surface area contributed by atoms with Crippen LogP contribution in [0, 0.1) is 0 Å². The number of benzene rings is 2. The average Bonchev–Trinajstić information content (AvgIpc) is 3.27. The molecule has 0 spiro atoms. The van der Waals surface area contributed by atoms with Gasteiger partial charge in [0, 0.05) is 30.7 Å². The minimum atomic E-state index is -3.36. The van der Waals surface area contributed by atoms with E-state index < -0.39 is 10.0 Å². The summed E-state index contributed by atoms with van der Waals surface area (Å²) in [7, 11) is -3.36. The molecule has 8 nitrogen and oxygen atoms in total. The number of nitrogens with zero attached hydrogens (tertiary/aromatic N) is 3. The Bertz CT molecular complexity index is 1370. The second-order valence-corrected chi connectivity index (χ2v) is 10.7. The van der Waals surface area contributed by atoms with Gasteiger partial charge in [0.05, 0.1) is 23.0 Å². The molecule has 5 rings (SSSR count). The van der Waals surface area contributed by atoms with Crippen molar-refractivity contribution in [3.63, 3.8) is 0 Å². The highest BCUT2D eigenvalue weighted by molar-refractivity contribution is 7.92. The quantitative estimate of drug-likeness (QED) is 0.658. The number of rotatable bonds is 3. The van der Waals surface area contributed by atoms with Crippen LogP contribution in [0.4, 0.5) is 5.69 Å². The first kappa shape index (κ1) is 20.8. The summed E-state index contributed by atoms with van der Waals surface area (Å²) in [6.07, 6.45) is 3.21. The molecular formula is C23H26N4O4S. The van der Waals surface area contributed by atoms with Crippen LogP contribution in [0.3, 0.4) is 0 Å². The van der Waals surface area contributed by atoms with Crippen molar-refractivity contribution in [1.29, 1.82) is 0 Å². The number of hydrogen-bond acceptors (Lipinski definition) is 4. The van der Waals surface area contributed by atoms with Crippen molar-refractivity contribution in [2.45, 2.75) is 38.3 Å². The van der Waals surface area contributed by atoms with Gasteiger partial charge in [-0.1, -0.05) is 12.1 Å². The zero-order valence-electron chi connectivity index (χ0n) is 18.1. The van der Waals surface area contributed by atoms with Crippen molar-refractivity contribution in [1.82, 2.24) is 14.5 Å². The number of fused-ring (bicyclic) bond motifs is 2. The van der Waals surface area contributed by atoms with Gasteiger partial charge >= 0.3 is 5.69 Å². The lowest BCUT2D eigenvalue weighted by Gasteiger charge is -2.32. The summed E-state index contributed by atoms with van der Waals surface area (Å²) in [5.74, 6) is -0.0528. The molecule has 168 valence electrons. The van der Waals surface area contributed by atoms with E-state index >= 15 is 0 Å². The fraction of sp³-hybridized carbons (Fsp3) is 0.391. The number of hydrogen-bond donors (Lipinski definition) is 1. The summed E-state index contributed by atoms with van der Waals surface area (Å²) in [4.78, 5) is 30.4. The number of likely N-dealkylation sites (tertiary alicyclic amines) is 1. The molecule has 1 atom stereocenters. The van der Waals surface area contributed by atoms with Gasteiger partial charge in [0.25, 0.3) is 5.91 Å². The highest BCUT2D eigenvalue weighted by atomic mass is 32.2. The molecule has 32 heavy (non-hydrogen) atoms. The topological polar surface area (TPSA) is 95.5 Å². The third-order valence-corrected chi connectivity index (χ3v) is 7.85. The maximum Gasteiger partial charge on any atom is 0.326 e. The Morgan fingerprint density at radius 3 is 2.53 bits per heavy atom. The predicted octanol–water partition coefficient (Wildman–Crippen LogP) is 2.52. The average molecular weight is 455 g/mol. The van der Waals surface area contributed by atoms with Gasteiger partial charge in [-0.2, -0.15) is 0 Å². The van der Waals surface area contributed by atoms with E-state index in [0.29, 0.717) is 43.6 Å². The second-order valence-electron chi connectivity index (χ2n) is 8.80. The van der Waals surface area contributed by atoms with E-state index in [0.717, 1.165) is 16.6 Å². The van der Waals surface area contributed by atoms with Gasteiger partial charge in [-0.15, -0.1) is 0 Å². The van der Waals surface area contributed by atoms with Crippen LogP contribution < -0.4 is 9.99 Å². The highest BCUT2D eigenvalue weighted by Gasteiger charge is 2.33. The first-order valence-corrected chi connectivity index (χ1v) is 12.7. The van der Waals surface area contributed by atoms with Crippen LogP contribution in [-0.4, -0.2) is 54.2 Å². The van der Waals surface area contributed by atoms with Crippen LogP contribution in [0.5, 0.6) is 0 Å². The van der Waals surface area contributed by atoms with Crippen molar-refractivity contribution < 1.29 is 13.2 Å². The molecular weight excluding hydrogens is 428 g/mol. The molecule has 2 aliphatic heterocycles. The zero-order valence-corrected chi connectivity index (χ0v) is 18.9. The third-order valence-electron chi connectivity index (χ3n) is 6.58. The van der Waals surface area contributed by atoms with Crippen LogP contribution in [-0.2, 0) is 16.4 Å². The lowest BCUT2D eigenvalue weighted by molar-refractivity contribution is 0.0695. The predicted molar refractivity (Wildman–Crippen MR) is 124 cm³/mol.